The average molecular weight is 280 g/mol. The lowest BCUT2D eigenvalue weighted by Gasteiger charge is -2.12. The van der Waals surface area contributed by atoms with Gasteiger partial charge in [-0.3, -0.25) is 0 Å². The number of rotatable bonds is 5. The normalized spacial score (nSPS) is 9.48. The molecule has 0 aliphatic heterocycles. The first-order valence-corrected chi connectivity index (χ1v) is 6.33. The molecule has 21 heavy (non-hydrogen) atoms. The van der Waals surface area contributed by atoms with E-state index in [0.717, 1.165) is 5.56 Å². The Morgan fingerprint density at radius 1 is 1.19 bits per heavy atom. The minimum absolute atomic E-state index is 0.000440. The minimum atomic E-state index is -0.542. The summed E-state index contributed by atoms with van der Waals surface area (Å²) < 4.78 is 19.0. The number of nitrogens with one attached hydrogen (secondary N) is 1. The number of hydrogen-bond acceptors (Lipinski definition) is 3. The Labute approximate surface area is 123 Å². The summed E-state index contributed by atoms with van der Waals surface area (Å²) >= 11 is 0. The zero-order valence-electron chi connectivity index (χ0n) is 11.3. The minimum Gasteiger partial charge on any atom is -0.481 e. The Kier molecular flexibility index (Phi) is 4.79. The highest BCUT2D eigenvalue weighted by atomic mass is 19.1. The lowest BCUT2D eigenvalue weighted by Crippen LogP contribution is -2.05. The van der Waals surface area contributed by atoms with Crippen LogP contribution in [0.25, 0.3) is 0 Å². The van der Waals surface area contributed by atoms with Crippen LogP contribution in [0.3, 0.4) is 0 Å². The Morgan fingerprint density at radius 2 is 2.00 bits per heavy atom. The van der Waals surface area contributed by atoms with Crippen molar-refractivity contribution in [1.29, 1.82) is 5.26 Å². The molecule has 0 bridgehead atoms. The number of benzene rings is 2. The first-order chi connectivity index (χ1) is 10.3. The maximum absolute atomic E-state index is 13.5. The van der Waals surface area contributed by atoms with E-state index in [1.54, 1.807) is 12.1 Å². The zero-order valence-corrected chi connectivity index (χ0v) is 11.3. The van der Waals surface area contributed by atoms with Crippen LogP contribution in [-0.4, -0.2) is 6.61 Å². The van der Waals surface area contributed by atoms with Crippen molar-refractivity contribution in [3.8, 4) is 24.2 Å². The zero-order chi connectivity index (χ0) is 15.1. The molecule has 0 heterocycles. The van der Waals surface area contributed by atoms with Crippen molar-refractivity contribution in [3.63, 3.8) is 0 Å². The second-order valence-electron chi connectivity index (χ2n) is 4.23. The molecule has 0 spiro atoms. The largest absolute Gasteiger partial charge is 0.481 e. The van der Waals surface area contributed by atoms with Crippen LogP contribution in [0.2, 0.25) is 0 Å². The summed E-state index contributed by atoms with van der Waals surface area (Å²) in [7, 11) is 0. The van der Waals surface area contributed by atoms with Crippen LogP contribution >= 0.6 is 0 Å². The lowest BCUT2D eigenvalue weighted by molar-refractivity contribution is 0.366. The third-order valence-corrected chi connectivity index (χ3v) is 2.88. The second kappa shape index (κ2) is 6.98. The van der Waals surface area contributed by atoms with E-state index in [0.29, 0.717) is 18.0 Å². The molecule has 0 aromatic heterocycles. The Hall–Kier alpha value is -2.98. The van der Waals surface area contributed by atoms with Gasteiger partial charge in [-0.1, -0.05) is 30.2 Å². The quantitative estimate of drug-likeness (QED) is 0.854. The number of halogens is 1. The van der Waals surface area contributed by atoms with E-state index in [2.05, 4.69) is 11.2 Å². The molecule has 0 fully saturated rings. The van der Waals surface area contributed by atoms with Gasteiger partial charge < -0.3 is 10.1 Å². The molecule has 3 nitrogen and oxygen atoms in total. The predicted molar refractivity (Wildman–Crippen MR) is 79.2 cm³/mol. The molecule has 2 aromatic carbocycles. The fraction of sp³-hybridized carbons (Fsp3) is 0.118. The van der Waals surface area contributed by atoms with Crippen molar-refractivity contribution in [2.75, 3.05) is 11.9 Å². The van der Waals surface area contributed by atoms with Gasteiger partial charge in [0.2, 0.25) is 0 Å². The molecule has 2 rings (SSSR count). The van der Waals surface area contributed by atoms with E-state index in [4.69, 9.17) is 16.4 Å². The third-order valence-electron chi connectivity index (χ3n) is 2.88. The van der Waals surface area contributed by atoms with Crippen LogP contribution in [0.1, 0.15) is 11.1 Å². The van der Waals surface area contributed by atoms with E-state index >= 15 is 0 Å². The molecule has 1 N–H and O–H groups in total. The molecule has 0 aliphatic carbocycles. The fourth-order valence-corrected chi connectivity index (χ4v) is 1.89. The van der Waals surface area contributed by atoms with Crippen molar-refractivity contribution in [3.05, 3.63) is 59.4 Å². The average Bonchev–Trinajstić information content (AvgIpc) is 2.51. The molecule has 0 aliphatic rings. The summed E-state index contributed by atoms with van der Waals surface area (Å²) in [5.74, 6) is 2.53. The SMILES string of the molecule is C#CCOc1ccccc1CNc1cccc(F)c1C#N. The summed E-state index contributed by atoms with van der Waals surface area (Å²) in [6.07, 6.45) is 5.18. The third kappa shape index (κ3) is 3.52. The topological polar surface area (TPSA) is 45.0 Å². The Balaban J connectivity index is 2.16. The van der Waals surface area contributed by atoms with Crippen molar-refractivity contribution in [1.82, 2.24) is 0 Å². The van der Waals surface area contributed by atoms with Crippen molar-refractivity contribution in [2.45, 2.75) is 6.54 Å². The summed E-state index contributed by atoms with van der Waals surface area (Å²) in [4.78, 5) is 0. The highest BCUT2D eigenvalue weighted by Crippen LogP contribution is 2.22. The van der Waals surface area contributed by atoms with E-state index in [9.17, 15) is 4.39 Å². The van der Waals surface area contributed by atoms with Crippen molar-refractivity contribution in [2.24, 2.45) is 0 Å². The van der Waals surface area contributed by atoms with Crippen LogP contribution in [-0.2, 0) is 6.54 Å². The first-order valence-electron chi connectivity index (χ1n) is 6.33. The van der Waals surface area contributed by atoms with E-state index in [1.165, 1.54) is 6.07 Å². The molecular formula is C17H13FN2O. The van der Waals surface area contributed by atoms with Gasteiger partial charge in [0.1, 0.15) is 29.8 Å². The van der Waals surface area contributed by atoms with Gasteiger partial charge in [0.15, 0.2) is 0 Å². The maximum Gasteiger partial charge on any atom is 0.148 e. The van der Waals surface area contributed by atoms with Crippen LogP contribution in [0.15, 0.2) is 42.5 Å². The number of hydrogen-bond donors (Lipinski definition) is 1. The number of nitrogens with zero attached hydrogens (tertiary/aromatic N) is 1. The monoisotopic (exact) mass is 280 g/mol. The fourth-order valence-electron chi connectivity index (χ4n) is 1.89. The molecule has 4 heteroatoms. The van der Waals surface area contributed by atoms with Crippen molar-refractivity contribution >= 4 is 5.69 Å². The van der Waals surface area contributed by atoms with Crippen LogP contribution < -0.4 is 10.1 Å². The molecule has 104 valence electrons. The summed E-state index contributed by atoms with van der Waals surface area (Å²) in [5.41, 5.74) is 1.32. The number of terminal acetylenes is 1. The second-order valence-corrected chi connectivity index (χ2v) is 4.23. The molecular weight excluding hydrogens is 267 g/mol. The number of anilines is 1. The van der Waals surface area contributed by atoms with E-state index in [1.807, 2.05) is 30.3 Å². The number of nitriles is 1. The molecule has 0 saturated heterocycles. The van der Waals surface area contributed by atoms with E-state index in [-0.39, 0.29) is 12.2 Å². The summed E-state index contributed by atoms with van der Waals surface area (Å²) in [6.45, 7) is 0.583. The van der Waals surface area contributed by atoms with Crippen LogP contribution in [0, 0.1) is 29.5 Å². The smallest absolute Gasteiger partial charge is 0.148 e. The van der Waals surface area contributed by atoms with Gasteiger partial charge in [0, 0.05) is 12.1 Å². The molecule has 0 radical (unpaired) electrons. The highest BCUT2D eigenvalue weighted by molar-refractivity contribution is 5.58. The molecule has 0 amide bonds. The van der Waals surface area contributed by atoms with Gasteiger partial charge in [-0.2, -0.15) is 5.26 Å². The van der Waals surface area contributed by atoms with Gasteiger partial charge in [-0.15, -0.1) is 6.42 Å². The number of ether oxygens (including phenoxy) is 1. The highest BCUT2D eigenvalue weighted by Gasteiger charge is 2.08. The lowest BCUT2D eigenvalue weighted by atomic mass is 10.1. The standard InChI is InChI=1S/C17H13FN2O/c1-2-10-21-17-9-4-3-6-13(17)12-20-16-8-5-7-15(18)14(16)11-19/h1,3-9,20H,10,12H2. The maximum atomic E-state index is 13.5. The van der Waals surface area contributed by atoms with Gasteiger partial charge >= 0.3 is 0 Å². The molecule has 2 aromatic rings. The van der Waals surface area contributed by atoms with Crippen molar-refractivity contribution < 1.29 is 9.13 Å². The number of para-hydroxylation sites is 1. The van der Waals surface area contributed by atoms with Crippen LogP contribution in [0.5, 0.6) is 5.75 Å². The molecule has 0 atom stereocenters. The van der Waals surface area contributed by atoms with Gasteiger partial charge in [0.25, 0.3) is 0 Å². The van der Waals surface area contributed by atoms with E-state index < -0.39 is 5.82 Å². The molecule has 0 unspecified atom stereocenters. The van der Waals surface area contributed by atoms with Gasteiger partial charge in [-0.05, 0) is 18.2 Å². The Morgan fingerprint density at radius 3 is 2.76 bits per heavy atom. The van der Waals surface area contributed by atoms with Gasteiger partial charge in [-0.25, -0.2) is 4.39 Å². The predicted octanol–water partition coefficient (Wildman–Crippen LogP) is 3.32. The Bertz CT molecular complexity index is 713. The summed E-state index contributed by atoms with van der Waals surface area (Å²) in [6, 6.07) is 13.7. The molecule has 0 saturated carbocycles. The van der Waals surface area contributed by atoms with Crippen LogP contribution in [0.4, 0.5) is 10.1 Å². The first kappa shape index (κ1) is 14.4. The summed E-state index contributed by atoms with van der Waals surface area (Å²) in [5, 5.41) is 12.0. The van der Waals surface area contributed by atoms with Gasteiger partial charge in [0.05, 0.1) is 5.69 Å².